The van der Waals surface area contributed by atoms with Crippen LogP contribution in [-0.4, -0.2) is 36.6 Å². The van der Waals surface area contributed by atoms with Crippen LogP contribution < -0.4 is 5.32 Å². The molecule has 0 aromatic rings. The maximum absolute atomic E-state index is 3.65. The van der Waals surface area contributed by atoms with Gasteiger partial charge in [0.1, 0.15) is 0 Å². The normalized spacial score (nSPS) is 32.2. The molecule has 2 aliphatic rings. The molecule has 2 heteroatoms. The van der Waals surface area contributed by atoms with Crippen molar-refractivity contribution in [3.8, 4) is 0 Å². The molecule has 94 valence electrons. The highest BCUT2D eigenvalue weighted by molar-refractivity contribution is 4.87. The molecule has 0 aromatic carbocycles. The lowest BCUT2D eigenvalue weighted by Crippen LogP contribution is -2.51. The molecule has 1 heterocycles. The van der Waals surface area contributed by atoms with Crippen LogP contribution in [0.2, 0.25) is 0 Å². The Morgan fingerprint density at radius 1 is 1.19 bits per heavy atom. The third kappa shape index (κ3) is 3.46. The molecule has 1 N–H and O–H groups in total. The highest BCUT2D eigenvalue weighted by atomic mass is 15.2. The van der Waals surface area contributed by atoms with Crippen LogP contribution in [0.15, 0.2) is 0 Å². The second-order valence-electron chi connectivity index (χ2n) is 6.08. The Labute approximate surface area is 101 Å². The average Bonchev–Trinajstić information content (AvgIpc) is 3.01. The van der Waals surface area contributed by atoms with Crippen LogP contribution in [0.25, 0.3) is 0 Å². The minimum atomic E-state index is 0.711. The SMILES string of the molecule is CCNC1CC(CC2CC2)CN(C(C)C)C1. The summed E-state index contributed by atoms with van der Waals surface area (Å²) in [4.78, 5) is 2.67. The Kier molecular flexibility index (Phi) is 4.26. The fraction of sp³-hybridized carbons (Fsp3) is 1.00. The van der Waals surface area contributed by atoms with E-state index in [9.17, 15) is 0 Å². The maximum Gasteiger partial charge on any atom is 0.0198 e. The number of rotatable bonds is 5. The molecule has 1 saturated carbocycles. The molecule has 2 nitrogen and oxygen atoms in total. The predicted octanol–water partition coefficient (Wildman–Crippen LogP) is 2.49. The molecular weight excluding hydrogens is 196 g/mol. The van der Waals surface area contributed by atoms with E-state index in [4.69, 9.17) is 0 Å². The van der Waals surface area contributed by atoms with Crippen molar-refractivity contribution in [1.29, 1.82) is 0 Å². The second kappa shape index (κ2) is 5.50. The van der Waals surface area contributed by atoms with E-state index in [1.54, 1.807) is 0 Å². The van der Waals surface area contributed by atoms with Crippen LogP contribution >= 0.6 is 0 Å². The van der Waals surface area contributed by atoms with E-state index >= 15 is 0 Å². The summed E-state index contributed by atoms with van der Waals surface area (Å²) in [7, 11) is 0. The van der Waals surface area contributed by atoms with Crippen LogP contribution in [-0.2, 0) is 0 Å². The van der Waals surface area contributed by atoms with Gasteiger partial charge in [0.05, 0.1) is 0 Å². The number of piperidine rings is 1. The summed E-state index contributed by atoms with van der Waals surface area (Å²) in [6, 6.07) is 1.45. The molecule has 2 unspecified atom stereocenters. The molecule has 0 bridgehead atoms. The van der Waals surface area contributed by atoms with Crippen LogP contribution in [0.5, 0.6) is 0 Å². The lowest BCUT2D eigenvalue weighted by Gasteiger charge is -2.40. The fourth-order valence-corrected chi connectivity index (χ4v) is 3.09. The van der Waals surface area contributed by atoms with Gasteiger partial charge in [-0.25, -0.2) is 0 Å². The van der Waals surface area contributed by atoms with Crippen molar-refractivity contribution in [1.82, 2.24) is 10.2 Å². The van der Waals surface area contributed by atoms with Gasteiger partial charge in [-0.05, 0) is 45.1 Å². The molecule has 0 aromatic heterocycles. The Morgan fingerprint density at radius 3 is 2.50 bits per heavy atom. The third-order valence-electron chi connectivity index (χ3n) is 4.15. The van der Waals surface area contributed by atoms with Crippen LogP contribution in [0.3, 0.4) is 0 Å². The summed E-state index contributed by atoms with van der Waals surface area (Å²) in [5.41, 5.74) is 0. The quantitative estimate of drug-likeness (QED) is 0.772. The third-order valence-corrected chi connectivity index (χ3v) is 4.15. The standard InChI is InChI=1S/C14H28N2/c1-4-15-14-8-13(7-12-5-6-12)9-16(10-14)11(2)3/h11-15H,4-10H2,1-3H3. The number of nitrogens with one attached hydrogen (secondary N) is 1. The summed E-state index contributed by atoms with van der Waals surface area (Å²) in [5.74, 6) is 2.03. The average molecular weight is 224 g/mol. The Morgan fingerprint density at radius 2 is 1.94 bits per heavy atom. The minimum Gasteiger partial charge on any atom is -0.313 e. The highest BCUT2D eigenvalue weighted by Gasteiger charge is 2.32. The van der Waals surface area contributed by atoms with E-state index < -0.39 is 0 Å². The monoisotopic (exact) mass is 224 g/mol. The molecule has 2 atom stereocenters. The topological polar surface area (TPSA) is 15.3 Å². The van der Waals surface area contributed by atoms with Crippen molar-refractivity contribution in [3.05, 3.63) is 0 Å². The summed E-state index contributed by atoms with van der Waals surface area (Å²) < 4.78 is 0. The number of nitrogens with zero attached hydrogens (tertiary/aromatic N) is 1. The van der Waals surface area contributed by atoms with Gasteiger partial charge in [0, 0.05) is 25.2 Å². The molecule has 0 spiro atoms. The van der Waals surface area contributed by atoms with E-state index in [0.29, 0.717) is 6.04 Å². The van der Waals surface area contributed by atoms with Gasteiger partial charge in [-0.15, -0.1) is 0 Å². The highest BCUT2D eigenvalue weighted by Crippen LogP contribution is 2.37. The molecule has 2 fully saturated rings. The van der Waals surface area contributed by atoms with Gasteiger partial charge in [0.15, 0.2) is 0 Å². The first-order valence-corrected chi connectivity index (χ1v) is 7.16. The first-order valence-electron chi connectivity index (χ1n) is 7.16. The van der Waals surface area contributed by atoms with E-state index in [2.05, 4.69) is 31.0 Å². The lowest BCUT2D eigenvalue weighted by molar-refractivity contribution is 0.105. The van der Waals surface area contributed by atoms with Gasteiger partial charge < -0.3 is 5.32 Å². The van der Waals surface area contributed by atoms with E-state index in [0.717, 1.165) is 24.4 Å². The smallest absolute Gasteiger partial charge is 0.0198 e. The van der Waals surface area contributed by atoms with Crippen LogP contribution in [0, 0.1) is 11.8 Å². The summed E-state index contributed by atoms with van der Waals surface area (Å²) in [5, 5.41) is 3.65. The Hall–Kier alpha value is -0.0800. The van der Waals surface area contributed by atoms with Crippen molar-refractivity contribution >= 4 is 0 Å². The summed E-state index contributed by atoms with van der Waals surface area (Å²) >= 11 is 0. The van der Waals surface area contributed by atoms with Gasteiger partial charge in [-0.1, -0.05) is 19.8 Å². The molecule has 1 aliphatic heterocycles. The van der Waals surface area contributed by atoms with E-state index in [-0.39, 0.29) is 0 Å². The zero-order chi connectivity index (χ0) is 11.5. The van der Waals surface area contributed by atoms with Gasteiger partial charge >= 0.3 is 0 Å². The molecule has 0 radical (unpaired) electrons. The molecule has 16 heavy (non-hydrogen) atoms. The molecular formula is C14H28N2. The molecule has 1 saturated heterocycles. The lowest BCUT2D eigenvalue weighted by atomic mass is 9.89. The fourth-order valence-electron chi connectivity index (χ4n) is 3.09. The van der Waals surface area contributed by atoms with Crippen molar-refractivity contribution < 1.29 is 0 Å². The van der Waals surface area contributed by atoms with E-state index in [1.807, 2.05) is 0 Å². The van der Waals surface area contributed by atoms with Gasteiger partial charge in [0.25, 0.3) is 0 Å². The van der Waals surface area contributed by atoms with Crippen molar-refractivity contribution in [2.45, 2.75) is 58.5 Å². The zero-order valence-corrected chi connectivity index (χ0v) is 11.2. The first kappa shape index (κ1) is 12.4. The maximum atomic E-state index is 3.65. The predicted molar refractivity (Wildman–Crippen MR) is 69.6 cm³/mol. The number of hydrogen-bond acceptors (Lipinski definition) is 2. The Balaban J connectivity index is 1.86. The minimum absolute atomic E-state index is 0.711. The van der Waals surface area contributed by atoms with Crippen LogP contribution in [0.4, 0.5) is 0 Å². The largest absolute Gasteiger partial charge is 0.313 e. The van der Waals surface area contributed by atoms with Gasteiger partial charge in [0.2, 0.25) is 0 Å². The Bertz CT molecular complexity index is 211. The molecule has 1 aliphatic carbocycles. The van der Waals surface area contributed by atoms with Crippen LogP contribution in [0.1, 0.15) is 46.5 Å². The summed E-state index contributed by atoms with van der Waals surface area (Å²) in [6.45, 7) is 10.6. The number of hydrogen-bond donors (Lipinski definition) is 1. The molecule has 2 rings (SSSR count). The molecule has 0 amide bonds. The van der Waals surface area contributed by atoms with Gasteiger partial charge in [-0.3, -0.25) is 4.90 Å². The van der Waals surface area contributed by atoms with Crippen molar-refractivity contribution in [3.63, 3.8) is 0 Å². The van der Waals surface area contributed by atoms with E-state index in [1.165, 1.54) is 38.8 Å². The van der Waals surface area contributed by atoms with Crippen molar-refractivity contribution in [2.24, 2.45) is 11.8 Å². The summed E-state index contributed by atoms with van der Waals surface area (Å²) in [6.07, 6.45) is 5.91. The van der Waals surface area contributed by atoms with Gasteiger partial charge in [-0.2, -0.15) is 0 Å². The number of likely N-dealkylation sites (N-methyl/N-ethyl adjacent to an activating group) is 1. The van der Waals surface area contributed by atoms with Crippen molar-refractivity contribution in [2.75, 3.05) is 19.6 Å². The zero-order valence-electron chi connectivity index (χ0n) is 11.2. The second-order valence-corrected chi connectivity index (χ2v) is 6.08. The first-order chi connectivity index (χ1) is 7.69. The number of likely N-dealkylation sites (tertiary alicyclic amines) is 1.